The molecule has 2 aliphatic rings. The number of anilines is 1. The highest BCUT2D eigenvalue weighted by molar-refractivity contribution is 5.91. The van der Waals surface area contributed by atoms with Gasteiger partial charge in [-0.05, 0) is 24.3 Å². The van der Waals surface area contributed by atoms with E-state index in [0.29, 0.717) is 32.1 Å². The molecule has 28 heavy (non-hydrogen) atoms. The number of methoxy groups -OCH3 is 1. The maximum Gasteiger partial charge on any atom is 0.289 e. The third-order valence-corrected chi connectivity index (χ3v) is 5.34. The lowest BCUT2D eigenvalue weighted by Crippen LogP contribution is -2.45. The predicted octanol–water partition coefficient (Wildman–Crippen LogP) is 2.08. The Morgan fingerprint density at radius 2 is 1.82 bits per heavy atom. The first-order chi connectivity index (χ1) is 13.7. The number of carbonyl (C=O) groups is 1. The average molecular weight is 385 g/mol. The first-order valence-electron chi connectivity index (χ1n) is 9.80. The highest BCUT2D eigenvalue weighted by atomic mass is 16.5. The quantitative estimate of drug-likeness (QED) is 0.786. The zero-order valence-electron chi connectivity index (χ0n) is 16.3. The van der Waals surface area contributed by atoms with Crippen LogP contribution < -0.4 is 9.64 Å². The molecule has 3 heterocycles. The molecular weight excluding hydrogens is 358 g/mol. The number of rotatable bonds is 5. The van der Waals surface area contributed by atoms with Crippen LogP contribution in [0, 0.1) is 0 Å². The van der Waals surface area contributed by atoms with E-state index in [-0.39, 0.29) is 5.91 Å². The molecule has 7 nitrogen and oxygen atoms in total. The van der Waals surface area contributed by atoms with Crippen LogP contribution in [0.4, 0.5) is 5.69 Å². The number of nitrogens with zero attached hydrogens (tertiary/aromatic N) is 3. The van der Waals surface area contributed by atoms with Crippen molar-refractivity contribution in [3.63, 3.8) is 0 Å². The standard InChI is InChI=1S/C21H27N3O4/c1-26-18-4-2-3-17(15-18)23-9-7-22(8-10-23)16-19-5-6-20(28-19)21(25)24-11-13-27-14-12-24/h2-6,15H,7-14,16H2,1H3. The Balaban J connectivity index is 1.30. The van der Waals surface area contributed by atoms with E-state index in [9.17, 15) is 4.79 Å². The van der Waals surface area contributed by atoms with Crippen LogP contribution in [0.2, 0.25) is 0 Å². The second-order valence-electron chi connectivity index (χ2n) is 7.14. The van der Waals surface area contributed by atoms with E-state index in [0.717, 1.165) is 44.2 Å². The Bertz CT molecular complexity index is 792. The zero-order valence-corrected chi connectivity index (χ0v) is 16.3. The van der Waals surface area contributed by atoms with Gasteiger partial charge in [-0.1, -0.05) is 6.07 Å². The van der Waals surface area contributed by atoms with Gasteiger partial charge in [-0.15, -0.1) is 0 Å². The van der Waals surface area contributed by atoms with E-state index in [1.54, 1.807) is 18.1 Å². The summed E-state index contributed by atoms with van der Waals surface area (Å²) in [5, 5.41) is 0. The van der Waals surface area contributed by atoms with Crippen molar-refractivity contribution < 1.29 is 18.7 Å². The predicted molar refractivity (Wildman–Crippen MR) is 106 cm³/mol. The van der Waals surface area contributed by atoms with Gasteiger partial charge in [0.15, 0.2) is 5.76 Å². The third-order valence-electron chi connectivity index (χ3n) is 5.34. The molecule has 150 valence electrons. The largest absolute Gasteiger partial charge is 0.497 e. The molecule has 0 N–H and O–H groups in total. The number of morpholine rings is 1. The molecule has 0 saturated carbocycles. The summed E-state index contributed by atoms with van der Waals surface area (Å²) >= 11 is 0. The van der Waals surface area contributed by atoms with Crippen LogP contribution in [0.1, 0.15) is 16.3 Å². The molecule has 0 bridgehead atoms. The van der Waals surface area contributed by atoms with Crippen molar-refractivity contribution in [2.45, 2.75) is 6.54 Å². The van der Waals surface area contributed by atoms with Crippen molar-refractivity contribution >= 4 is 11.6 Å². The van der Waals surface area contributed by atoms with Crippen molar-refractivity contribution in [2.75, 3.05) is 64.5 Å². The van der Waals surface area contributed by atoms with Gasteiger partial charge >= 0.3 is 0 Å². The molecule has 4 rings (SSSR count). The summed E-state index contributed by atoms with van der Waals surface area (Å²) in [5.74, 6) is 2.10. The van der Waals surface area contributed by atoms with Gasteiger partial charge in [0.25, 0.3) is 5.91 Å². The maximum atomic E-state index is 12.5. The Kier molecular flexibility index (Phi) is 5.83. The number of benzene rings is 1. The van der Waals surface area contributed by atoms with Crippen LogP contribution in [-0.4, -0.2) is 75.3 Å². The number of amides is 1. The second-order valence-corrected chi connectivity index (χ2v) is 7.14. The Morgan fingerprint density at radius 1 is 1.04 bits per heavy atom. The molecule has 2 aromatic rings. The highest BCUT2D eigenvalue weighted by Gasteiger charge is 2.23. The molecule has 0 atom stereocenters. The molecule has 7 heteroatoms. The van der Waals surface area contributed by atoms with Crippen molar-refractivity contribution in [3.05, 3.63) is 47.9 Å². The van der Waals surface area contributed by atoms with Gasteiger partial charge < -0.3 is 23.7 Å². The van der Waals surface area contributed by atoms with Crippen molar-refractivity contribution in [2.24, 2.45) is 0 Å². The topological polar surface area (TPSA) is 58.4 Å². The summed E-state index contributed by atoms with van der Waals surface area (Å²) in [6.07, 6.45) is 0. The van der Waals surface area contributed by atoms with E-state index in [4.69, 9.17) is 13.9 Å². The molecule has 0 radical (unpaired) electrons. The van der Waals surface area contributed by atoms with Gasteiger partial charge in [0, 0.05) is 51.0 Å². The van der Waals surface area contributed by atoms with Crippen molar-refractivity contribution in [1.82, 2.24) is 9.80 Å². The molecule has 1 aromatic heterocycles. The molecule has 2 aliphatic heterocycles. The lowest BCUT2D eigenvalue weighted by atomic mass is 10.2. The summed E-state index contributed by atoms with van der Waals surface area (Å²) in [6.45, 7) is 6.97. The van der Waals surface area contributed by atoms with Crippen LogP contribution in [-0.2, 0) is 11.3 Å². The first-order valence-corrected chi connectivity index (χ1v) is 9.80. The van der Waals surface area contributed by atoms with Gasteiger partial charge in [-0.2, -0.15) is 0 Å². The minimum Gasteiger partial charge on any atom is -0.497 e. The molecule has 1 aromatic carbocycles. The van der Waals surface area contributed by atoms with Gasteiger partial charge in [0.1, 0.15) is 11.5 Å². The summed E-state index contributed by atoms with van der Waals surface area (Å²) in [7, 11) is 1.69. The van der Waals surface area contributed by atoms with Crippen LogP contribution >= 0.6 is 0 Å². The van der Waals surface area contributed by atoms with Crippen LogP contribution in [0.15, 0.2) is 40.8 Å². The van der Waals surface area contributed by atoms with Crippen molar-refractivity contribution in [1.29, 1.82) is 0 Å². The number of ether oxygens (including phenoxy) is 2. The number of carbonyl (C=O) groups excluding carboxylic acids is 1. The molecule has 2 saturated heterocycles. The third kappa shape index (κ3) is 4.31. The minimum atomic E-state index is -0.0441. The van der Waals surface area contributed by atoms with Gasteiger partial charge in [0.2, 0.25) is 0 Å². The fraction of sp³-hybridized carbons (Fsp3) is 0.476. The molecule has 0 spiro atoms. The number of piperazine rings is 1. The number of hydrogen-bond acceptors (Lipinski definition) is 6. The number of hydrogen-bond donors (Lipinski definition) is 0. The van der Waals surface area contributed by atoms with Gasteiger partial charge in [0.05, 0.1) is 26.9 Å². The first kappa shape index (κ1) is 18.8. The van der Waals surface area contributed by atoms with Crippen LogP contribution in [0.5, 0.6) is 5.75 Å². The molecule has 1 amide bonds. The van der Waals surface area contributed by atoms with E-state index < -0.39 is 0 Å². The van der Waals surface area contributed by atoms with Gasteiger partial charge in [-0.25, -0.2) is 0 Å². The Hall–Kier alpha value is -2.51. The summed E-state index contributed by atoms with van der Waals surface area (Å²) in [4.78, 5) is 19.0. The maximum absolute atomic E-state index is 12.5. The summed E-state index contributed by atoms with van der Waals surface area (Å²) < 4.78 is 16.5. The summed E-state index contributed by atoms with van der Waals surface area (Å²) in [5.41, 5.74) is 1.19. The highest BCUT2D eigenvalue weighted by Crippen LogP contribution is 2.23. The van der Waals surface area contributed by atoms with E-state index >= 15 is 0 Å². The molecular formula is C21H27N3O4. The van der Waals surface area contributed by atoms with Gasteiger partial charge in [-0.3, -0.25) is 9.69 Å². The van der Waals surface area contributed by atoms with Crippen LogP contribution in [0.25, 0.3) is 0 Å². The van der Waals surface area contributed by atoms with E-state index in [1.165, 1.54) is 5.69 Å². The Labute approximate surface area is 165 Å². The molecule has 2 fully saturated rings. The van der Waals surface area contributed by atoms with Crippen molar-refractivity contribution in [3.8, 4) is 5.75 Å². The molecule has 0 aliphatic carbocycles. The van der Waals surface area contributed by atoms with E-state index in [2.05, 4.69) is 21.9 Å². The fourth-order valence-corrected chi connectivity index (χ4v) is 3.69. The molecule has 0 unspecified atom stereocenters. The summed E-state index contributed by atoms with van der Waals surface area (Å²) in [6, 6.07) is 11.9. The number of furan rings is 1. The zero-order chi connectivity index (χ0) is 19.3. The fourth-order valence-electron chi connectivity index (χ4n) is 3.69. The lowest BCUT2D eigenvalue weighted by molar-refractivity contribution is 0.0281. The van der Waals surface area contributed by atoms with Crippen LogP contribution in [0.3, 0.4) is 0 Å². The van der Waals surface area contributed by atoms with E-state index in [1.807, 2.05) is 18.2 Å². The average Bonchev–Trinajstić information content (AvgIpc) is 3.23. The SMILES string of the molecule is COc1cccc(N2CCN(Cc3ccc(C(=O)N4CCOCC4)o3)CC2)c1. The normalized spacial score (nSPS) is 18.3. The lowest BCUT2D eigenvalue weighted by Gasteiger charge is -2.35. The Morgan fingerprint density at radius 3 is 2.57 bits per heavy atom. The minimum absolute atomic E-state index is 0.0441. The smallest absolute Gasteiger partial charge is 0.289 e. The monoisotopic (exact) mass is 385 g/mol. The second kappa shape index (κ2) is 8.67.